The van der Waals surface area contributed by atoms with Crippen LogP contribution < -0.4 is 10.6 Å². The van der Waals surface area contributed by atoms with E-state index >= 15 is 4.39 Å². The molecule has 8 nitrogen and oxygen atoms in total. The first kappa shape index (κ1) is 24.2. The summed E-state index contributed by atoms with van der Waals surface area (Å²) >= 11 is 6.82. The van der Waals surface area contributed by atoms with Crippen LogP contribution in [0.3, 0.4) is 0 Å². The van der Waals surface area contributed by atoms with Crippen LogP contribution in [0.2, 0.25) is 5.02 Å². The lowest BCUT2D eigenvalue weighted by Gasteiger charge is -2.40. The fraction of sp³-hybridized carbons (Fsp3) is 0.281. The predicted octanol–water partition coefficient (Wildman–Crippen LogP) is 5.93. The summed E-state index contributed by atoms with van der Waals surface area (Å²) in [4.78, 5) is 43.2. The van der Waals surface area contributed by atoms with Gasteiger partial charge in [-0.05, 0) is 55.1 Å². The highest BCUT2D eigenvalue weighted by Gasteiger charge is 2.30. The number of hydrogen-bond donors (Lipinski definition) is 0. The maximum Gasteiger partial charge on any atom is 0.355 e. The maximum absolute atomic E-state index is 15.4. The van der Waals surface area contributed by atoms with Gasteiger partial charge in [0.05, 0.1) is 28.9 Å². The topological polar surface area (TPSA) is 84.2 Å². The number of amides is 1. The number of pyridine rings is 2. The highest BCUT2D eigenvalue weighted by Crippen LogP contribution is 2.37. The standard InChI is InChI=1S/C32H32ClFN6O2/c1-7-21-10-9-11-24(34)26(21)28-23(33)16-22-30(39-15-14-38(17-20(39)6)25(41)8-2)37-32(42)40(31(22)36-28)29-19(5)12-13-35-27(29)18(3)4/h7-13,16,18,20H,1-2,14-15,17H2,3-6H3/t20-/m0/s1/i5D3,20D. The Bertz CT molecular complexity index is 1960. The average molecular weight is 591 g/mol. The van der Waals surface area contributed by atoms with E-state index in [1.54, 1.807) is 17.9 Å². The lowest BCUT2D eigenvalue weighted by Crippen LogP contribution is -2.54. The Kier molecular flexibility index (Phi) is 6.63. The lowest BCUT2D eigenvalue weighted by atomic mass is 10.0. The zero-order valence-corrected chi connectivity index (χ0v) is 24.2. The summed E-state index contributed by atoms with van der Waals surface area (Å²) in [6, 6.07) is 5.75. The van der Waals surface area contributed by atoms with Crippen LogP contribution in [0.15, 0.2) is 60.6 Å². The van der Waals surface area contributed by atoms with Crippen molar-refractivity contribution in [3.63, 3.8) is 0 Å². The van der Waals surface area contributed by atoms with E-state index in [1.165, 1.54) is 47.5 Å². The van der Waals surface area contributed by atoms with Crippen LogP contribution in [-0.2, 0) is 4.79 Å². The van der Waals surface area contributed by atoms with Gasteiger partial charge in [0.1, 0.15) is 11.6 Å². The molecular formula is C32H32ClFN6O2. The Balaban J connectivity index is 1.92. The Morgan fingerprint density at radius 2 is 2.05 bits per heavy atom. The highest BCUT2D eigenvalue weighted by molar-refractivity contribution is 6.34. The molecule has 0 unspecified atom stereocenters. The van der Waals surface area contributed by atoms with Crippen LogP contribution in [0.25, 0.3) is 34.1 Å². The number of rotatable bonds is 6. The summed E-state index contributed by atoms with van der Waals surface area (Å²) < 4.78 is 50.5. The molecule has 42 heavy (non-hydrogen) atoms. The molecule has 1 atom stereocenters. The minimum Gasteiger partial charge on any atom is -0.350 e. The molecule has 1 saturated heterocycles. The fourth-order valence-electron chi connectivity index (χ4n) is 5.23. The second-order valence-electron chi connectivity index (χ2n) is 10.2. The SMILES string of the molecule is [2H]C([2H])([2H])c1ccnc(C(C)C)c1-n1c(=O)nc(N2CCN(C(=O)C=C)C[C@]2([2H])C)c2cc(Cl)c(-c3c(F)cccc3C=C)nc21. The monoisotopic (exact) mass is 590 g/mol. The van der Waals surface area contributed by atoms with Gasteiger partial charge in [0, 0.05) is 41.5 Å². The van der Waals surface area contributed by atoms with Crippen molar-refractivity contribution in [1.29, 1.82) is 0 Å². The van der Waals surface area contributed by atoms with E-state index in [4.69, 9.17) is 22.1 Å². The molecule has 5 rings (SSSR count). The van der Waals surface area contributed by atoms with Crippen LogP contribution in [0.1, 0.15) is 49.0 Å². The van der Waals surface area contributed by atoms with E-state index in [0.29, 0.717) is 11.3 Å². The molecule has 1 aliphatic heterocycles. The maximum atomic E-state index is 15.4. The van der Waals surface area contributed by atoms with Crippen molar-refractivity contribution >= 4 is 40.4 Å². The molecule has 4 heterocycles. The molecule has 1 fully saturated rings. The van der Waals surface area contributed by atoms with Crippen LogP contribution in [0.4, 0.5) is 10.2 Å². The van der Waals surface area contributed by atoms with Crippen molar-refractivity contribution in [3.8, 4) is 16.9 Å². The molecule has 0 aliphatic carbocycles. The molecule has 0 radical (unpaired) electrons. The number of anilines is 1. The number of carbonyl (C=O) groups excluding carboxylic acids is 1. The largest absolute Gasteiger partial charge is 0.355 e. The van der Waals surface area contributed by atoms with Crippen molar-refractivity contribution in [1.82, 2.24) is 24.4 Å². The van der Waals surface area contributed by atoms with Crippen LogP contribution >= 0.6 is 11.6 Å². The third-order valence-electron chi connectivity index (χ3n) is 7.24. The van der Waals surface area contributed by atoms with Gasteiger partial charge < -0.3 is 9.80 Å². The van der Waals surface area contributed by atoms with Gasteiger partial charge in [0.2, 0.25) is 5.91 Å². The minimum absolute atomic E-state index is 0.00655. The number of benzene rings is 1. The number of fused-ring (bicyclic) bond motifs is 1. The second-order valence-corrected chi connectivity index (χ2v) is 10.7. The normalized spacial score (nSPS) is 18.8. The van der Waals surface area contributed by atoms with Crippen LogP contribution in [0, 0.1) is 12.7 Å². The van der Waals surface area contributed by atoms with Gasteiger partial charge >= 0.3 is 5.69 Å². The zero-order chi connectivity index (χ0) is 33.7. The Morgan fingerprint density at radius 3 is 2.71 bits per heavy atom. The summed E-state index contributed by atoms with van der Waals surface area (Å²) in [5.41, 5.74) is -0.379. The first-order valence-corrected chi connectivity index (χ1v) is 13.7. The minimum atomic E-state index is -2.66. The number of hydrogen-bond acceptors (Lipinski definition) is 6. The Hall–Kier alpha value is -4.37. The molecule has 10 heteroatoms. The summed E-state index contributed by atoms with van der Waals surface area (Å²) in [6.45, 7) is 10.2. The summed E-state index contributed by atoms with van der Waals surface area (Å²) in [6.07, 6.45) is 4.00. The van der Waals surface area contributed by atoms with E-state index in [1.807, 2.05) is 13.8 Å². The van der Waals surface area contributed by atoms with Crippen LogP contribution in [0.5, 0.6) is 0 Å². The van der Waals surface area contributed by atoms with Gasteiger partial charge in [0.25, 0.3) is 0 Å². The summed E-state index contributed by atoms with van der Waals surface area (Å²) in [5, 5.41) is 0.231. The molecule has 216 valence electrons. The first-order chi connectivity index (χ1) is 21.6. The lowest BCUT2D eigenvalue weighted by molar-refractivity contribution is -0.126. The zero-order valence-electron chi connectivity index (χ0n) is 27.5. The fourth-order valence-corrected chi connectivity index (χ4v) is 5.48. The predicted molar refractivity (Wildman–Crippen MR) is 166 cm³/mol. The molecule has 1 aliphatic rings. The molecule has 0 spiro atoms. The average Bonchev–Trinajstić information content (AvgIpc) is 2.99. The molecule has 0 N–H and O–H groups in total. The van der Waals surface area contributed by atoms with Crippen molar-refractivity contribution in [2.45, 2.75) is 39.6 Å². The third kappa shape index (κ3) is 4.98. The molecule has 0 bridgehead atoms. The number of aryl methyl sites for hydroxylation is 1. The van der Waals surface area contributed by atoms with Crippen molar-refractivity contribution < 1.29 is 14.7 Å². The number of halogens is 2. The Morgan fingerprint density at radius 1 is 1.26 bits per heavy atom. The van der Waals surface area contributed by atoms with Gasteiger partial charge in [-0.25, -0.2) is 18.7 Å². The molecular weight excluding hydrogens is 555 g/mol. The van der Waals surface area contributed by atoms with E-state index in [9.17, 15) is 9.59 Å². The van der Waals surface area contributed by atoms with Crippen molar-refractivity contribution in [2.75, 3.05) is 24.5 Å². The third-order valence-corrected chi connectivity index (χ3v) is 7.53. The van der Waals surface area contributed by atoms with E-state index in [-0.39, 0.29) is 75.8 Å². The van der Waals surface area contributed by atoms with Crippen molar-refractivity contribution in [3.05, 3.63) is 93.9 Å². The van der Waals surface area contributed by atoms with Crippen LogP contribution in [-0.4, -0.2) is 56.0 Å². The number of nitrogens with zero attached hydrogens (tertiary/aromatic N) is 6. The molecule has 3 aromatic heterocycles. The molecule has 0 saturated carbocycles. The Labute approximate surface area is 254 Å². The van der Waals surface area contributed by atoms with Gasteiger partial charge in [-0.15, -0.1) is 0 Å². The van der Waals surface area contributed by atoms with E-state index in [2.05, 4.69) is 23.1 Å². The van der Waals surface area contributed by atoms with Gasteiger partial charge in [-0.3, -0.25) is 9.78 Å². The van der Waals surface area contributed by atoms with Gasteiger partial charge in [-0.2, -0.15) is 4.98 Å². The highest BCUT2D eigenvalue weighted by atomic mass is 35.5. The number of piperazine rings is 1. The van der Waals surface area contributed by atoms with Crippen molar-refractivity contribution in [2.24, 2.45) is 0 Å². The smallest absolute Gasteiger partial charge is 0.350 e. The first-order valence-electron chi connectivity index (χ1n) is 15.3. The van der Waals surface area contributed by atoms with Gasteiger partial charge in [-0.1, -0.05) is 56.8 Å². The van der Waals surface area contributed by atoms with Gasteiger partial charge in [0.15, 0.2) is 5.65 Å². The molecule has 4 aromatic rings. The van der Waals surface area contributed by atoms with E-state index < -0.39 is 24.4 Å². The summed E-state index contributed by atoms with van der Waals surface area (Å²) in [7, 11) is 0. The second kappa shape index (κ2) is 11.5. The quantitative estimate of drug-likeness (QED) is 0.259. The summed E-state index contributed by atoms with van der Waals surface area (Å²) in [5.74, 6) is -1.23. The molecule has 1 aromatic carbocycles. The van der Waals surface area contributed by atoms with E-state index in [0.717, 1.165) is 4.57 Å². The molecule has 1 amide bonds. The number of carbonyl (C=O) groups is 1. The number of aromatic nitrogens is 4.